The Morgan fingerprint density at radius 1 is 1.09 bits per heavy atom. The van der Waals surface area contributed by atoms with Gasteiger partial charge in [0.25, 0.3) is 11.6 Å². The van der Waals surface area contributed by atoms with E-state index in [1.54, 1.807) is 30.3 Å². The number of nitrogens with zero attached hydrogens (tertiary/aromatic N) is 1. The van der Waals surface area contributed by atoms with Crippen LogP contribution in [0.15, 0.2) is 48.5 Å². The third kappa shape index (κ3) is 4.70. The van der Waals surface area contributed by atoms with Crippen molar-refractivity contribution in [2.24, 2.45) is 0 Å². The molecule has 7 nitrogen and oxygen atoms in total. The summed E-state index contributed by atoms with van der Waals surface area (Å²) in [7, 11) is 0. The first-order valence-electron chi connectivity index (χ1n) is 6.99. The topological polar surface area (TPSA) is 90.7 Å². The van der Waals surface area contributed by atoms with Gasteiger partial charge in [0.2, 0.25) is 0 Å². The Kier molecular flexibility index (Phi) is 5.51. The molecule has 0 radical (unpaired) electrons. The smallest absolute Gasteiger partial charge is 0.292 e. The zero-order valence-electron chi connectivity index (χ0n) is 12.5. The van der Waals surface area contributed by atoms with Gasteiger partial charge in [0, 0.05) is 6.07 Å². The average molecular weight is 316 g/mol. The lowest BCUT2D eigenvalue weighted by molar-refractivity contribution is -0.383. The largest absolute Gasteiger partial charge is 0.494 e. The molecule has 2 rings (SSSR count). The highest BCUT2D eigenvalue weighted by molar-refractivity contribution is 5.94. The molecule has 0 spiro atoms. The summed E-state index contributed by atoms with van der Waals surface area (Å²) in [5.74, 6) is 0.739. The molecule has 1 N–H and O–H groups in total. The Morgan fingerprint density at radius 3 is 2.30 bits per heavy atom. The second kappa shape index (κ2) is 7.79. The number of hydrogen-bond acceptors (Lipinski definition) is 5. The number of benzene rings is 2. The Labute approximate surface area is 133 Å². The monoisotopic (exact) mass is 316 g/mol. The molecule has 2 aromatic rings. The molecule has 0 fully saturated rings. The van der Waals surface area contributed by atoms with E-state index in [1.165, 1.54) is 18.2 Å². The lowest BCUT2D eigenvalue weighted by Crippen LogP contribution is -2.20. The molecule has 2 aromatic carbocycles. The van der Waals surface area contributed by atoms with Crippen molar-refractivity contribution in [1.82, 2.24) is 0 Å². The molecule has 120 valence electrons. The Morgan fingerprint density at radius 2 is 1.70 bits per heavy atom. The molecule has 0 saturated heterocycles. The highest BCUT2D eigenvalue weighted by Crippen LogP contribution is 2.23. The van der Waals surface area contributed by atoms with Crippen LogP contribution < -0.4 is 14.8 Å². The van der Waals surface area contributed by atoms with Crippen molar-refractivity contribution in [2.75, 3.05) is 18.5 Å². The summed E-state index contributed by atoms with van der Waals surface area (Å²) >= 11 is 0. The highest BCUT2D eigenvalue weighted by Gasteiger charge is 2.14. The van der Waals surface area contributed by atoms with Crippen LogP contribution in [0.25, 0.3) is 0 Å². The first-order valence-corrected chi connectivity index (χ1v) is 6.99. The van der Waals surface area contributed by atoms with E-state index in [9.17, 15) is 14.9 Å². The molecule has 0 aliphatic rings. The zero-order valence-corrected chi connectivity index (χ0v) is 12.5. The summed E-state index contributed by atoms with van der Waals surface area (Å²) in [6, 6.07) is 12.8. The van der Waals surface area contributed by atoms with Crippen LogP contribution in [-0.2, 0) is 4.79 Å². The molecule has 0 aromatic heterocycles. The maximum absolute atomic E-state index is 11.8. The normalized spacial score (nSPS) is 9.96. The number of para-hydroxylation sites is 2. The van der Waals surface area contributed by atoms with Gasteiger partial charge in [-0.25, -0.2) is 0 Å². The fraction of sp³-hybridized carbons (Fsp3) is 0.188. The maximum Gasteiger partial charge on any atom is 0.292 e. The van der Waals surface area contributed by atoms with Gasteiger partial charge in [0.1, 0.15) is 17.2 Å². The molecular formula is C16H16N2O5. The van der Waals surface area contributed by atoms with Crippen molar-refractivity contribution in [3.63, 3.8) is 0 Å². The number of amides is 1. The number of carbonyl (C=O) groups excluding carboxylic acids is 1. The minimum absolute atomic E-state index is 0.137. The van der Waals surface area contributed by atoms with Gasteiger partial charge in [-0.2, -0.15) is 0 Å². The standard InChI is InChI=1S/C16H16N2O5/c1-2-22-12-7-9-13(10-8-12)23-11-16(19)17-14-5-3-4-6-15(14)18(20)21/h3-10H,2,11H2,1H3,(H,17,19). The van der Waals surface area contributed by atoms with Crippen LogP contribution in [0.2, 0.25) is 0 Å². The van der Waals surface area contributed by atoms with Crippen LogP contribution in [0.1, 0.15) is 6.92 Å². The summed E-state index contributed by atoms with van der Waals surface area (Å²) in [5, 5.41) is 13.3. The molecule has 0 atom stereocenters. The maximum atomic E-state index is 11.8. The van der Waals surface area contributed by atoms with Crippen LogP contribution in [0.3, 0.4) is 0 Å². The van der Waals surface area contributed by atoms with Crippen LogP contribution in [-0.4, -0.2) is 24.0 Å². The van der Waals surface area contributed by atoms with Gasteiger partial charge >= 0.3 is 0 Å². The first kappa shape index (κ1) is 16.3. The van der Waals surface area contributed by atoms with E-state index in [2.05, 4.69) is 5.32 Å². The molecule has 0 heterocycles. The number of nitrogens with one attached hydrogen (secondary N) is 1. The zero-order chi connectivity index (χ0) is 16.7. The van der Waals surface area contributed by atoms with Crippen LogP contribution in [0.5, 0.6) is 11.5 Å². The predicted molar refractivity (Wildman–Crippen MR) is 84.8 cm³/mol. The number of nitro benzene ring substituents is 1. The van der Waals surface area contributed by atoms with Crippen LogP contribution in [0, 0.1) is 10.1 Å². The molecule has 0 aliphatic heterocycles. The van der Waals surface area contributed by atoms with E-state index in [4.69, 9.17) is 9.47 Å². The van der Waals surface area contributed by atoms with E-state index in [1.807, 2.05) is 6.92 Å². The number of nitro groups is 1. The van der Waals surface area contributed by atoms with Crippen molar-refractivity contribution < 1.29 is 19.2 Å². The van der Waals surface area contributed by atoms with Gasteiger partial charge in [-0.05, 0) is 37.3 Å². The van der Waals surface area contributed by atoms with Crippen molar-refractivity contribution >= 4 is 17.3 Å². The summed E-state index contributed by atoms with van der Waals surface area (Å²) in [6.07, 6.45) is 0. The number of hydrogen-bond donors (Lipinski definition) is 1. The van der Waals surface area contributed by atoms with Gasteiger partial charge in [-0.15, -0.1) is 0 Å². The fourth-order valence-corrected chi connectivity index (χ4v) is 1.87. The van der Waals surface area contributed by atoms with E-state index in [0.29, 0.717) is 18.1 Å². The molecule has 7 heteroatoms. The number of anilines is 1. The minimum atomic E-state index is -0.553. The first-order chi connectivity index (χ1) is 11.1. The summed E-state index contributed by atoms with van der Waals surface area (Å²) in [5.41, 5.74) is -0.0280. The summed E-state index contributed by atoms with van der Waals surface area (Å²) in [4.78, 5) is 22.2. The highest BCUT2D eigenvalue weighted by atomic mass is 16.6. The van der Waals surface area contributed by atoms with Gasteiger partial charge in [0.15, 0.2) is 6.61 Å². The summed E-state index contributed by atoms with van der Waals surface area (Å²) < 4.78 is 10.6. The third-order valence-corrected chi connectivity index (χ3v) is 2.88. The average Bonchev–Trinajstić information content (AvgIpc) is 2.55. The Bertz CT molecular complexity index is 685. The number of carbonyl (C=O) groups is 1. The van der Waals surface area contributed by atoms with E-state index >= 15 is 0 Å². The van der Waals surface area contributed by atoms with Gasteiger partial charge < -0.3 is 14.8 Å². The molecule has 0 bridgehead atoms. The minimum Gasteiger partial charge on any atom is -0.494 e. The molecule has 1 amide bonds. The SMILES string of the molecule is CCOc1ccc(OCC(=O)Nc2ccccc2[N+](=O)[O-])cc1. The lowest BCUT2D eigenvalue weighted by Gasteiger charge is -2.08. The van der Waals surface area contributed by atoms with E-state index < -0.39 is 10.8 Å². The van der Waals surface area contributed by atoms with Crippen LogP contribution >= 0.6 is 0 Å². The molecule has 0 aliphatic carbocycles. The Hall–Kier alpha value is -3.09. The molecule has 23 heavy (non-hydrogen) atoms. The second-order valence-electron chi connectivity index (χ2n) is 4.52. The van der Waals surface area contributed by atoms with E-state index in [-0.39, 0.29) is 18.0 Å². The summed E-state index contributed by atoms with van der Waals surface area (Å²) in [6.45, 7) is 2.20. The predicted octanol–water partition coefficient (Wildman–Crippen LogP) is 3.01. The van der Waals surface area contributed by atoms with Crippen molar-refractivity contribution in [2.45, 2.75) is 6.92 Å². The van der Waals surface area contributed by atoms with Crippen LogP contribution in [0.4, 0.5) is 11.4 Å². The lowest BCUT2D eigenvalue weighted by atomic mass is 10.2. The van der Waals surface area contributed by atoms with E-state index in [0.717, 1.165) is 0 Å². The number of rotatable bonds is 7. The Balaban J connectivity index is 1.91. The molecular weight excluding hydrogens is 300 g/mol. The van der Waals surface area contributed by atoms with Gasteiger partial charge in [-0.1, -0.05) is 12.1 Å². The quantitative estimate of drug-likeness (QED) is 0.626. The van der Waals surface area contributed by atoms with Crippen molar-refractivity contribution in [3.05, 3.63) is 58.6 Å². The molecule has 0 saturated carbocycles. The second-order valence-corrected chi connectivity index (χ2v) is 4.52. The van der Waals surface area contributed by atoms with Crippen molar-refractivity contribution in [3.8, 4) is 11.5 Å². The van der Waals surface area contributed by atoms with Crippen molar-refractivity contribution in [1.29, 1.82) is 0 Å². The third-order valence-electron chi connectivity index (χ3n) is 2.88. The van der Waals surface area contributed by atoms with Gasteiger partial charge in [-0.3, -0.25) is 14.9 Å². The fourth-order valence-electron chi connectivity index (χ4n) is 1.87. The molecule has 0 unspecified atom stereocenters. The van der Waals surface area contributed by atoms with Gasteiger partial charge in [0.05, 0.1) is 11.5 Å². The number of ether oxygens (including phenoxy) is 2.